The van der Waals surface area contributed by atoms with Crippen LogP contribution in [0.4, 0.5) is 0 Å². The predicted octanol–water partition coefficient (Wildman–Crippen LogP) is 1.16. The molecule has 4 heteroatoms. The first-order chi connectivity index (χ1) is 6.22. The number of esters is 2. The summed E-state index contributed by atoms with van der Waals surface area (Å²) in [6, 6.07) is 0. The van der Waals surface area contributed by atoms with Gasteiger partial charge >= 0.3 is 11.9 Å². The van der Waals surface area contributed by atoms with Crippen LogP contribution in [0.25, 0.3) is 0 Å². The number of carbonyl (C=O) groups is 2. The van der Waals surface area contributed by atoms with Crippen molar-refractivity contribution in [2.45, 2.75) is 32.5 Å². The van der Waals surface area contributed by atoms with Crippen molar-refractivity contribution in [3.63, 3.8) is 0 Å². The average Bonchev–Trinajstić information content (AvgIpc) is 2.25. The second kappa shape index (κ2) is 4.64. The molecule has 4 nitrogen and oxygen atoms in total. The van der Waals surface area contributed by atoms with Gasteiger partial charge in [-0.25, -0.2) is 9.59 Å². The van der Waals surface area contributed by atoms with Gasteiger partial charge in [-0.2, -0.15) is 0 Å². The van der Waals surface area contributed by atoms with Gasteiger partial charge in [0, 0.05) is 18.6 Å². The van der Waals surface area contributed by atoms with E-state index in [0.29, 0.717) is 6.42 Å². The number of carbonyl (C=O) groups excluding carboxylic acids is 2. The van der Waals surface area contributed by atoms with E-state index < -0.39 is 18.2 Å². The Kier molecular flexibility index (Phi) is 3.49. The van der Waals surface area contributed by atoms with E-state index in [9.17, 15) is 9.59 Å². The Morgan fingerprint density at radius 2 is 1.77 bits per heavy atom. The fourth-order valence-electron chi connectivity index (χ4n) is 0.986. The third-order valence-electron chi connectivity index (χ3n) is 1.64. The number of hydrogen-bond donors (Lipinski definition) is 0. The second-order valence-corrected chi connectivity index (χ2v) is 2.78. The molecule has 0 saturated carbocycles. The molecule has 0 atom stereocenters. The largest absolute Gasteiger partial charge is 0.422 e. The van der Waals surface area contributed by atoms with E-state index >= 15 is 0 Å². The van der Waals surface area contributed by atoms with Crippen molar-refractivity contribution < 1.29 is 19.1 Å². The lowest BCUT2D eigenvalue weighted by Gasteiger charge is -2.13. The van der Waals surface area contributed by atoms with Gasteiger partial charge in [-0.1, -0.05) is 13.3 Å². The van der Waals surface area contributed by atoms with E-state index in [1.54, 1.807) is 0 Å². The number of unbranched alkanes of at least 4 members (excludes halogenated alkanes) is 1. The zero-order valence-electron chi connectivity index (χ0n) is 7.49. The molecule has 13 heavy (non-hydrogen) atoms. The Morgan fingerprint density at radius 3 is 2.23 bits per heavy atom. The molecule has 0 bridgehead atoms. The molecule has 1 aliphatic heterocycles. The Morgan fingerprint density at radius 1 is 1.23 bits per heavy atom. The Balaban J connectivity index is 2.47. The zero-order valence-corrected chi connectivity index (χ0v) is 7.49. The van der Waals surface area contributed by atoms with E-state index in [0.717, 1.165) is 25.0 Å². The summed E-state index contributed by atoms with van der Waals surface area (Å²) in [6.07, 6.45) is 3.85. The highest BCUT2D eigenvalue weighted by Crippen LogP contribution is 2.10. The molecule has 0 aromatic rings. The lowest BCUT2D eigenvalue weighted by Crippen LogP contribution is -2.20. The van der Waals surface area contributed by atoms with Gasteiger partial charge < -0.3 is 9.47 Å². The van der Waals surface area contributed by atoms with Gasteiger partial charge in [0.1, 0.15) is 0 Å². The van der Waals surface area contributed by atoms with Crippen molar-refractivity contribution in [1.29, 1.82) is 0 Å². The maximum absolute atomic E-state index is 10.9. The monoisotopic (exact) mass is 184 g/mol. The maximum atomic E-state index is 10.9. The van der Waals surface area contributed by atoms with Crippen LogP contribution in [0, 0.1) is 0 Å². The van der Waals surface area contributed by atoms with Crippen molar-refractivity contribution >= 4 is 11.9 Å². The van der Waals surface area contributed by atoms with Crippen LogP contribution in [0.5, 0.6) is 0 Å². The summed E-state index contributed by atoms with van der Waals surface area (Å²) in [4.78, 5) is 21.7. The van der Waals surface area contributed by atoms with Gasteiger partial charge in [-0.3, -0.25) is 0 Å². The molecule has 1 rings (SSSR count). The summed E-state index contributed by atoms with van der Waals surface area (Å²) < 4.78 is 9.63. The average molecular weight is 184 g/mol. The van der Waals surface area contributed by atoms with Gasteiger partial charge in [0.2, 0.25) is 6.29 Å². The minimum Gasteiger partial charge on any atom is -0.422 e. The molecule has 1 heterocycles. The van der Waals surface area contributed by atoms with Gasteiger partial charge in [-0.05, 0) is 6.42 Å². The Labute approximate surface area is 76.5 Å². The minimum absolute atomic E-state index is 0.521. The van der Waals surface area contributed by atoms with Crippen molar-refractivity contribution in [1.82, 2.24) is 0 Å². The van der Waals surface area contributed by atoms with Crippen LogP contribution in [-0.2, 0) is 19.1 Å². The lowest BCUT2D eigenvalue weighted by atomic mass is 10.2. The normalized spacial score (nSPS) is 17.9. The Hall–Kier alpha value is -1.32. The fourth-order valence-corrected chi connectivity index (χ4v) is 0.986. The van der Waals surface area contributed by atoms with Gasteiger partial charge in [0.05, 0.1) is 0 Å². The molecule has 0 spiro atoms. The van der Waals surface area contributed by atoms with Crippen LogP contribution >= 0.6 is 0 Å². The highest BCUT2D eigenvalue weighted by Gasteiger charge is 2.19. The van der Waals surface area contributed by atoms with Crippen LogP contribution in [0.15, 0.2) is 12.2 Å². The van der Waals surface area contributed by atoms with Crippen molar-refractivity contribution in [2.75, 3.05) is 0 Å². The molecule has 0 unspecified atom stereocenters. The van der Waals surface area contributed by atoms with E-state index in [2.05, 4.69) is 0 Å². The molecule has 0 aromatic heterocycles. The number of cyclic esters (lactones) is 2. The molecule has 72 valence electrons. The molecule has 0 saturated heterocycles. The van der Waals surface area contributed by atoms with Crippen LogP contribution < -0.4 is 0 Å². The smallest absolute Gasteiger partial charge is 0.334 e. The maximum Gasteiger partial charge on any atom is 0.334 e. The zero-order chi connectivity index (χ0) is 9.68. The van der Waals surface area contributed by atoms with Crippen molar-refractivity contribution in [3.05, 3.63) is 12.2 Å². The first-order valence-electron chi connectivity index (χ1n) is 4.31. The molecular formula is C9H12O4. The standard InChI is InChI=1S/C9H12O4/c1-2-3-4-9-12-7(10)5-6-8(11)13-9/h5-6,9H,2-4H2,1H3. The first kappa shape index (κ1) is 9.77. The quantitative estimate of drug-likeness (QED) is 0.617. The third kappa shape index (κ3) is 3.27. The van der Waals surface area contributed by atoms with Gasteiger partial charge in [0.15, 0.2) is 0 Å². The highest BCUT2D eigenvalue weighted by molar-refractivity contribution is 5.92. The van der Waals surface area contributed by atoms with E-state index in [1.165, 1.54) is 0 Å². The highest BCUT2D eigenvalue weighted by atomic mass is 16.7. The van der Waals surface area contributed by atoms with E-state index in [-0.39, 0.29) is 0 Å². The fraction of sp³-hybridized carbons (Fsp3) is 0.556. The molecule has 0 aromatic carbocycles. The van der Waals surface area contributed by atoms with Gasteiger partial charge in [-0.15, -0.1) is 0 Å². The summed E-state index contributed by atoms with van der Waals surface area (Å²) in [7, 11) is 0. The van der Waals surface area contributed by atoms with E-state index in [4.69, 9.17) is 9.47 Å². The van der Waals surface area contributed by atoms with Crippen molar-refractivity contribution in [3.8, 4) is 0 Å². The Bertz CT molecular complexity index is 212. The summed E-state index contributed by atoms with van der Waals surface area (Å²) in [5.41, 5.74) is 0. The molecule has 0 radical (unpaired) electrons. The number of ether oxygens (including phenoxy) is 2. The SMILES string of the molecule is CCCCC1OC(=O)C=CC(=O)O1. The molecule has 0 aliphatic carbocycles. The summed E-state index contributed by atoms with van der Waals surface area (Å²) >= 11 is 0. The topological polar surface area (TPSA) is 52.6 Å². The summed E-state index contributed by atoms with van der Waals surface area (Å²) in [5.74, 6) is -1.04. The van der Waals surface area contributed by atoms with Gasteiger partial charge in [0.25, 0.3) is 0 Å². The van der Waals surface area contributed by atoms with E-state index in [1.807, 2.05) is 6.92 Å². The van der Waals surface area contributed by atoms with Crippen molar-refractivity contribution in [2.24, 2.45) is 0 Å². The lowest BCUT2D eigenvalue weighted by molar-refractivity contribution is -0.179. The number of rotatable bonds is 3. The van der Waals surface area contributed by atoms with Crippen LogP contribution in [0.3, 0.4) is 0 Å². The van der Waals surface area contributed by atoms with Crippen LogP contribution in [0.1, 0.15) is 26.2 Å². The summed E-state index contributed by atoms with van der Waals surface area (Å²) in [6.45, 7) is 2.01. The minimum atomic E-state index is -0.713. The van der Waals surface area contributed by atoms with Crippen LogP contribution in [-0.4, -0.2) is 18.2 Å². The summed E-state index contributed by atoms with van der Waals surface area (Å²) in [5, 5.41) is 0. The van der Waals surface area contributed by atoms with Crippen LogP contribution in [0.2, 0.25) is 0 Å². The second-order valence-electron chi connectivity index (χ2n) is 2.78. The molecule has 0 fully saturated rings. The molecule has 0 N–H and O–H groups in total. The first-order valence-corrected chi connectivity index (χ1v) is 4.31. The molecule has 1 aliphatic rings. The predicted molar refractivity (Wildman–Crippen MR) is 44.6 cm³/mol. The molecule has 0 amide bonds. The molecular weight excluding hydrogens is 172 g/mol. The number of hydrogen-bond acceptors (Lipinski definition) is 4. The third-order valence-corrected chi connectivity index (χ3v) is 1.64.